The summed E-state index contributed by atoms with van der Waals surface area (Å²) in [5, 5.41) is 17.4. The van der Waals surface area contributed by atoms with Crippen LogP contribution in [0.4, 0.5) is 0 Å². The lowest BCUT2D eigenvalue weighted by Gasteiger charge is -2.16. The largest absolute Gasteiger partial charge is 0.481 e. The molecule has 0 aliphatic heterocycles. The summed E-state index contributed by atoms with van der Waals surface area (Å²) in [7, 11) is -0.454. The number of hydrogen-bond acceptors (Lipinski definition) is 4. The Morgan fingerprint density at radius 2 is 2.27 bits per heavy atom. The molecular weight excluding hydrogens is 152 g/mol. The molecule has 0 unspecified atom stereocenters. The maximum Gasteiger partial charge on any atom is 0.322 e. The van der Waals surface area contributed by atoms with Gasteiger partial charge in [-0.1, -0.05) is 0 Å². The first-order valence-electron chi connectivity index (χ1n) is 3.45. The molecule has 0 aliphatic carbocycles. The van der Waals surface area contributed by atoms with Gasteiger partial charge in [0.1, 0.15) is 6.04 Å². The third kappa shape index (κ3) is 3.54. The minimum absolute atomic E-state index is 0.454. The monoisotopic (exact) mass is 163 g/mol. The summed E-state index contributed by atoms with van der Waals surface area (Å²) >= 11 is 0. The highest BCUT2D eigenvalue weighted by Gasteiger charge is 2.23. The zero-order chi connectivity index (χ0) is 9.72. The van der Waals surface area contributed by atoms with Crippen LogP contribution in [0.15, 0.2) is 0 Å². The molecule has 0 aromatic heterocycles. The molecule has 64 valence electrons. The molecular formula is C5H10N2O4. The van der Waals surface area contributed by atoms with Gasteiger partial charge in [-0.25, -0.2) is 5.01 Å². The van der Waals surface area contributed by atoms with Crippen molar-refractivity contribution in [2.24, 2.45) is 5.84 Å². The van der Waals surface area contributed by atoms with E-state index in [2.05, 4.69) is 0 Å². The lowest BCUT2D eigenvalue weighted by atomic mass is 10.2. The summed E-state index contributed by atoms with van der Waals surface area (Å²) in [5.74, 6) is 2.47. The van der Waals surface area contributed by atoms with Crippen molar-refractivity contribution < 1.29 is 21.2 Å². The second-order valence-corrected chi connectivity index (χ2v) is 1.97. The van der Waals surface area contributed by atoms with Gasteiger partial charge in [-0.05, 0) is 0 Å². The molecule has 0 saturated carbocycles. The van der Waals surface area contributed by atoms with E-state index in [0.29, 0.717) is 5.01 Å². The normalized spacial score (nSPS) is 14.2. The van der Waals surface area contributed by atoms with Crippen molar-refractivity contribution in [3.8, 4) is 0 Å². The van der Waals surface area contributed by atoms with E-state index < -0.39 is 31.4 Å². The Labute approximate surface area is 64.6 Å². The molecule has 0 rings (SSSR count). The number of hydrogen-bond donors (Lipinski definition) is 3. The molecule has 0 spiro atoms. The number of carbonyl (C=O) groups is 2. The molecule has 0 bridgehead atoms. The number of rotatable bonds is 4. The summed E-state index contributed by atoms with van der Waals surface area (Å²) in [5.41, 5.74) is 0. The minimum Gasteiger partial charge on any atom is -0.481 e. The second-order valence-electron chi connectivity index (χ2n) is 1.97. The van der Waals surface area contributed by atoms with Gasteiger partial charge in [0.25, 0.3) is 0 Å². The molecule has 0 fully saturated rings. The molecule has 0 aromatic carbocycles. The number of nitrogens with two attached hydrogens (primary N) is 1. The summed E-state index contributed by atoms with van der Waals surface area (Å²) in [4.78, 5) is 20.5. The Kier molecular flexibility index (Phi) is 2.82. The van der Waals surface area contributed by atoms with E-state index in [1.807, 2.05) is 0 Å². The topological polar surface area (TPSA) is 104 Å². The van der Waals surface area contributed by atoms with E-state index in [0.717, 1.165) is 0 Å². The van der Waals surface area contributed by atoms with E-state index in [9.17, 15) is 9.59 Å². The molecule has 0 radical (unpaired) electrons. The van der Waals surface area contributed by atoms with Crippen LogP contribution in [0.5, 0.6) is 0 Å². The Morgan fingerprint density at radius 1 is 1.73 bits per heavy atom. The van der Waals surface area contributed by atoms with Crippen molar-refractivity contribution in [3.05, 3.63) is 0 Å². The van der Waals surface area contributed by atoms with Crippen molar-refractivity contribution in [2.75, 3.05) is 7.02 Å². The quantitative estimate of drug-likeness (QED) is 0.352. The van der Waals surface area contributed by atoms with Crippen LogP contribution < -0.4 is 5.84 Å². The molecule has 0 aromatic rings. The highest BCUT2D eigenvalue weighted by molar-refractivity contribution is 5.80. The standard InChI is InChI=1S/C5H10N2O4/c1-7(6)3(5(10)11)2-4(8)9/h3H,2,6H2,1H3,(H,8,9)(H,10,11)/t3-/m0/s1/i1D. The van der Waals surface area contributed by atoms with Crippen LogP contribution >= 0.6 is 0 Å². The molecule has 4 N–H and O–H groups in total. The molecule has 0 amide bonds. The van der Waals surface area contributed by atoms with Gasteiger partial charge >= 0.3 is 11.9 Å². The third-order valence-electron chi connectivity index (χ3n) is 1.05. The SMILES string of the molecule is [2H]CN(N)[C@@H](CC(=O)O)C(=O)O. The molecule has 6 nitrogen and oxygen atoms in total. The smallest absolute Gasteiger partial charge is 0.322 e. The molecule has 0 heterocycles. The average Bonchev–Trinajstić information content (AvgIpc) is 1.98. The van der Waals surface area contributed by atoms with Crippen molar-refractivity contribution in [3.63, 3.8) is 0 Å². The fourth-order valence-electron chi connectivity index (χ4n) is 0.512. The van der Waals surface area contributed by atoms with E-state index in [4.69, 9.17) is 17.4 Å². The highest BCUT2D eigenvalue weighted by atomic mass is 16.4. The average molecular weight is 163 g/mol. The summed E-state index contributed by atoms with van der Waals surface area (Å²) < 4.78 is 6.72. The molecule has 0 aliphatic rings. The fourth-order valence-corrected chi connectivity index (χ4v) is 0.512. The predicted octanol–water partition coefficient (Wildman–Crippen LogP) is -1.28. The van der Waals surface area contributed by atoms with Crippen LogP contribution in [-0.2, 0) is 9.59 Å². The first kappa shape index (κ1) is 7.96. The lowest BCUT2D eigenvalue weighted by Crippen LogP contribution is -2.44. The van der Waals surface area contributed by atoms with Gasteiger partial charge < -0.3 is 10.2 Å². The molecule has 0 saturated heterocycles. The van der Waals surface area contributed by atoms with Gasteiger partial charge in [0, 0.05) is 8.39 Å². The Morgan fingerprint density at radius 3 is 2.55 bits per heavy atom. The number of carboxylic acid groups (broad SMARTS) is 2. The Hall–Kier alpha value is -1.14. The zero-order valence-electron chi connectivity index (χ0n) is 6.73. The van der Waals surface area contributed by atoms with Gasteiger partial charge in [0.05, 0.1) is 6.42 Å². The van der Waals surface area contributed by atoms with E-state index >= 15 is 0 Å². The van der Waals surface area contributed by atoms with Gasteiger partial charge in [-0.15, -0.1) is 0 Å². The van der Waals surface area contributed by atoms with Crippen LogP contribution in [0.3, 0.4) is 0 Å². The number of nitrogens with zero attached hydrogens (tertiary/aromatic N) is 1. The first-order chi connectivity index (χ1) is 5.49. The summed E-state index contributed by atoms with van der Waals surface area (Å²) in [6.45, 7) is 0. The number of aliphatic carboxylic acids is 2. The number of carboxylic acids is 2. The minimum atomic E-state index is -1.34. The predicted molar refractivity (Wildman–Crippen MR) is 35.6 cm³/mol. The summed E-state index contributed by atoms with van der Waals surface area (Å²) in [6, 6.07) is -1.33. The van der Waals surface area contributed by atoms with Crippen LogP contribution in [-0.4, -0.2) is 40.2 Å². The van der Waals surface area contributed by atoms with Crippen LogP contribution in [0.1, 0.15) is 7.79 Å². The second kappa shape index (κ2) is 3.89. The van der Waals surface area contributed by atoms with Gasteiger partial charge in [-0.2, -0.15) is 0 Å². The van der Waals surface area contributed by atoms with Crippen molar-refractivity contribution in [2.45, 2.75) is 12.5 Å². The zero-order valence-corrected chi connectivity index (χ0v) is 5.73. The maximum atomic E-state index is 10.4. The van der Waals surface area contributed by atoms with Crippen LogP contribution in [0, 0.1) is 0 Å². The van der Waals surface area contributed by atoms with Crippen LogP contribution in [0.25, 0.3) is 0 Å². The maximum absolute atomic E-state index is 10.4. The molecule has 1 atom stereocenters. The van der Waals surface area contributed by atoms with E-state index in [1.54, 1.807) is 0 Å². The molecule has 6 heteroatoms. The Bertz CT molecular complexity index is 186. The fraction of sp³-hybridized carbons (Fsp3) is 0.600. The lowest BCUT2D eigenvalue weighted by molar-refractivity contribution is -0.149. The first-order valence-corrected chi connectivity index (χ1v) is 2.74. The highest BCUT2D eigenvalue weighted by Crippen LogP contribution is 1.97. The van der Waals surface area contributed by atoms with Crippen LogP contribution in [0.2, 0.25) is 0 Å². The van der Waals surface area contributed by atoms with Crippen molar-refractivity contribution in [1.82, 2.24) is 5.01 Å². The van der Waals surface area contributed by atoms with Gasteiger partial charge in [0.2, 0.25) is 0 Å². The Balaban J connectivity index is 4.22. The van der Waals surface area contributed by atoms with Gasteiger partial charge in [0.15, 0.2) is 0 Å². The molecule has 11 heavy (non-hydrogen) atoms. The van der Waals surface area contributed by atoms with E-state index in [1.165, 1.54) is 0 Å². The summed E-state index contributed by atoms with van der Waals surface area (Å²) in [6.07, 6.45) is -0.606. The van der Waals surface area contributed by atoms with E-state index in [-0.39, 0.29) is 0 Å². The van der Waals surface area contributed by atoms with Crippen molar-refractivity contribution >= 4 is 11.9 Å². The third-order valence-corrected chi connectivity index (χ3v) is 1.05. The number of hydrazine groups is 1. The van der Waals surface area contributed by atoms with Gasteiger partial charge in [-0.3, -0.25) is 15.4 Å². The number of likely N-dealkylation sites (N-methyl/N-ethyl adjacent to an activating group) is 1. The van der Waals surface area contributed by atoms with Crippen molar-refractivity contribution in [1.29, 1.82) is 0 Å².